The fourth-order valence-corrected chi connectivity index (χ4v) is 2.17. The topological polar surface area (TPSA) is 72.0 Å². The molecule has 0 spiro atoms. The van der Waals surface area contributed by atoms with E-state index in [1.165, 1.54) is 5.56 Å². The molecule has 0 amide bonds. The Balaban J connectivity index is 2.33. The molecule has 0 aliphatic heterocycles. The monoisotopic (exact) mass is 335 g/mol. The molecule has 2 N–H and O–H groups in total. The molecule has 0 unspecified atom stereocenters. The maximum atomic E-state index is 11.5. The molecular formula is C18H29N3O3. The maximum Gasteiger partial charge on any atom is 0.307 e. The number of methoxy groups -OCH3 is 1. The summed E-state index contributed by atoms with van der Waals surface area (Å²) in [7, 11) is 3.39. The Hall–Kier alpha value is -2.24. The zero-order valence-electron chi connectivity index (χ0n) is 15.3. The van der Waals surface area contributed by atoms with E-state index >= 15 is 0 Å². The number of nitrogens with zero attached hydrogens (tertiary/aromatic N) is 1. The van der Waals surface area contributed by atoms with Gasteiger partial charge in [-0.2, -0.15) is 0 Å². The van der Waals surface area contributed by atoms with Gasteiger partial charge < -0.3 is 20.1 Å². The lowest BCUT2D eigenvalue weighted by Crippen LogP contribution is -2.39. The molecule has 0 aromatic heterocycles. The lowest BCUT2D eigenvalue weighted by molar-refractivity contribution is -0.147. The first-order chi connectivity index (χ1) is 11.5. The van der Waals surface area contributed by atoms with Crippen LogP contribution in [0.1, 0.15) is 31.4 Å². The smallest absolute Gasteiger partial charge is 0.307 e. The van der Waals surface area contributed by atoms with E-state index in [0.29, 0.717) is 18.9 Å². The Kier molecular flexibility index (Phi) is 8.68. The number of nitrogens with one attached hydrogen (secondary N) is 2. The van der Waals surface area contributed by atoms with Gasteiger partial charge in [0.2, 0.25) is 0 Å². The number of benzene rings is 1. The lowest BCUT2D eigenvalue weighted by Gasteiger charge is -2.13. The molecular weight excluding hydrogens is 306 g/mol. The summed E-state index contributed by atoms with van der Waals surface area (Å²) >= 11 is 0. The predicted octanol–water partition coefficient (Wildman–Crippen LogP) is 2.05. The predicted molar refractivity (Wildman–Crippen MR) is 96.6 cm³/mol. The van der Waals surface area contributed by atoms with E-state index in [0.717, 1.165) is 24.3 Å². The minimum absolute atomic E-state index is 0.0820. The highest BCUT2D eigenvalue weighted by Crippen LogP contribution is 2.18. The number of aryl methyl sites for hydroxylation is 1. The Bertz CT molecular complexity index is 556. The average Bonchev–Trinajstić information content (AvgIpc) is 2.54. The largest absolute Gasteiger partial charge is 0.496 e. The van der Waals surface area contributed by atoms with Crippen LogP contribution >= 0.6 is 0 Å². The van der Waals surface area contributed by atoms with Crippen LogP contribution in [0, 0.1) is 6.92 Å². The van der Waals surface area contributed by atoms with Crippen molar-refractivity contribution in [1.82, 2.24) is 10.6 Å². The van der Waals surface area contributed by atoms with E-state index in [2.05, 4.69) is 33.8 Å². The highest BCUT2D eigenvalue weighted by molar-refractivity contribution is 5.80. The van der Waals surface area contributed by atoms with Crippen LogP contribution in [0.3, 0.4) is 0 Å². The third-order valence-corrected chi connectivity index (χ3v) is 3.39. The third-order valence-electron chi connectivity index (χ3n) is 3.39. The van der Waals surface area contributed by atoms with Crippen LogP contribution in [0.2, 0.25) is 0 Å². The van der Waals surface area contributed by atoms with Crippen LogP contribution in [0.15, 0.2) is 23.2 Å². The highest BCUT2D eigenvalue weighted by atomic mass is 16.5. The second kappa shape index (κ2) is 10.5. The summed E-state index contributed by atoms with van der Waals surface area (Å²) < 4.78 is 10.4. The van der Waals surface area contributed by atoms with E-state index in [1.807, 2.05) is 20.8 Å². The summed E-state index contributed by atoms with van der Waals surface area (Å²) in [6, 6.07) is 6.20. The molecule has 134 valence electrons. The van der Waals surface area contributed by atoms with Gasteiger partial charge in [0.1, 0.15) is 5.75 Å². The van der Waals surface area contributed by atoms with Crippen LogP contribution in [-0.2, 0) is 16.0 Å². The van der Waals surface area contributed by atoms with Gasteiger partial charge in [0.15, 0.2) is 5.96 Å². The van der Waals surface area contributed by atoms with Crippen LogP contribution in [0.4, 0.5) is 0 Å². The molecule has 0 fully saturated rings. The molecule has 6 nitrogen and oxygen atoms in total. The van der Waals surface area contributed by atoms with Gasteiger partial charge in [-0.05, 0) is 44.4 Å². The second-order valence-electron chi connectivity index (χ2n) is 5.77. The molecule has 1 aromatic rings. The van der Waals surface area contributed by atoms with Crippen molar-refractivity contribution in [2.45, 2.75) is 39.7 Å². The molecule has 6 heteroatoms. The Morgan fingerprint density at radius 1 is 1.25 bits per heavy atom. The number of hydrogen-bond acceptors (Lipinski definition) is 4. The molecule has 24 heavy (non-hydrogen) atoms. The van der Waals surface area contributed by atoms with Crippen LogP contribution in [-0.4, -0.2) is 45.3 Å². The molecule has 0 atom stereocenters. The van der Waals surface area contributed by atoms with Gasteiger partial charge in [0.05, 0.1) is 19.6 Å². The van der Waals surface area contributed by atoms with E-state index < -0.39 is 0 Å². The Labute approximate surface area is 144 Å². The molecule has 0 saturated carbocycles. The van der Waals surface area contributed by atoms with Gasteiger partial charge in [0, 0.05) is 20.1 Å². The van der Waals surface area contributed by atoms with E-state index in [-0.39, 0.29) is 12.1 Å². The normalized spacial score (nSPS) is 11.3. The quantitative estimate of drug-likeness (QED) is 0.432. The first kappa shape index (κ1) is 19.8. The zero-order valence-corrected chi connectivity index (χ0v) is 15.3. The van der Waals surface area contributed by atoms with Gasteiger partial charge in [0.25, 0.3) is 0 Å². The number of guanidine groups is 1. The number of aliphatic imine (C=N–C) groups is 1. The summed E-state index contributed by atoms with van der Waals surface area (Å²) in [5, 5.41) is 6.34. The van der Waals surface area contributed by atoms with Crippen LogP contribution in [0.5, 0.6) is 5.75 Å². The summed E-state index contributed by atoms with van der Waals surface area (Å²) in [4.78, 5) is 15.6. The molecule has 0 bridgehead atoms. The Morgan fingerprint density at radius 3 is 2.58 bits per heavy atom. The van der Waals surface area contributed by atoms with E-state index in [1.54, 1.807) is 14.2 Å². The van der Waals surface area contributed by atoms with Crippen molar-refractivity contribution in [3.8, 4) is 5.75 Å². The van der Waals surface area contributed by atoms with Crippen LogP contribution < -0.4 is 15.4 Å². The van der Waals surface area contributed by atoms with Crippen molar-refractivity contribution in [2.75, 3.05) is 27.2 Å². The molecule has 0 heterocycles. The fourth-order valence-electron chi connectivity index (χ4n) is 2.17. The fraction of sp³-hybridized carbons (Fsp3) is 0.556. The average molecular weight is 335 g/mol. The van der Waals surface area contributed by atoms with Crippen molar-refractivity contribution < 1.29 is 14.3 Å². The van der Waals surface area contributed by atoms with Crippen molar-refractivity contribution in [2.24, 2.45) is 4.99 Å². The van der Waals surface area contributed by atoms with Gasteiger partial charge >= 0.3 is 5.97 Å². The SMILES string of the molecule is CN=C(NCCC(=O)OC(C)C)NCCc1ccc(C)c(OC)c1. The number of hydrogen-bond donors (Lipinski definition) is 2. The van der Waals surface area contributed by atoms with Crippen LogP contribution in [0.25, 0.3) is 0 Å². The molecule has 0 saturated heterocycles. The minimum atomic E-state index is -0.209. The van der Waals surface area contributed by atoms with Crippen molar-refractivity contribution in [3.05, 3.63) is 29.3 Å². The van der Waals surface area contributed by atoms with E-state index in [9.17, 15) is 4.79 Å². The molecule has 0 radical (unpaired) electrons. The number of carbonyl (C=O) groups excluding carboxylic acids is 1. The summed E-state index contributed by atoms with van der Waals surface area (Å²) in [6.45, 7) is 6.93. The standard InChI is InChI=1S/C18H29N3O3/c1-13(2)24-17(22)9-11-21-18(19-4)20-10-8-15-7-6-14(3)16(12-15)23-5/h6-7,12-13H,8-11H2,1-5H3,(H2,19,20,21). The highest BCUT2D eigenvalue weighted by Gasteiger charge is 2.06. The maximum absolute atomic E-state index is 11.5. The molecule has 1 rings (SSSR count). The number of ether oxygens (including phenoxy) is 2. The number of esters is 1. The van der Waals surface area contributed by atoms with Crippen molar-refractivity contribution in [3.63, 3.8) is 0 Å². The Morgan fingerprint density at radius 2 is 1.96 bits per heavy atom. The molecule has 0 aliphatic rings. The number of rotatable bonds is 8. The zero-order chi connectivity index (χ0) is 17.9. The summed E-state index contributed by atoms with van der Waals surface area (Å²) in [5.41, 5.74) is 2.32. The molecule has 1 aromatic carbocycles. The lowest BCUT2D eigenvalue weighted by atomic mass is 10.1. The van der Waals surface area contributed by atoms with Crippen molar-refractivity contribution >= 4 is 11.9 Å². The van der Waals surface area contributed by atoms with Gasteiger partial charge in [-0.1, -0.05) is 12.1 Å². The van der Waals surface area contributed by atoms with Crippen molar-refractivity contribution in [1.29, 1.82) is 0 Å². The minimum Gasteiger partial charge on any atom is -0.496 e. The second-order valence-corrected chi connectivity index (χ2v) is 5.77. The molecule has 0 aliphatic carbocycles. The first-order valence-corrected chi connectivity index (χ1v) is 8.23. The third kappa shape index (κ3) is 7.35. The summed E-state index contributed by atoms with van der Waals surface area (Å²) in [6.07, 6.45) is 1.09. The van der Waals surface area contributed by atoms with Gasteiger partial charge in [-0.15, -0.1) is 0 Å². The first-order valence-electron chi connectivity index (χ1n) is 8.23. The van der Waals surface area contributed by atoms with Gasteiger partial charge in [-0.3, -0.25) is 9.79 Å². The summed E-state index contributed by atoms with van der Waals surface area (Å²) in [5.74, 6) is 1.37. The van der Waals surface area contributed by atoms with Gasteiger partial charge in [-0.25, -0.2) is 0 Å². The van der Waals surface area contributed by atoms with E-state index in [4.69, 9.17) is 9.47 Å². The number of carbonyl (C=O) groups is 1.